The van der Waals surface area contributed by atoms with Gasteiger partial charge in [-0.15, -0.1) is 0 Å². The number of imidazole rings is 1. The van der Waals surface area contributed by atoms with Crippen molar-refractivity contribution < 1.29 is 22.6 Å². The highest BCUT2D eigenvalue weighted by Gasteiger charge is 2.30. The lowest BCUT2D eigenvalue weighted by molar-refractivity contribution is -0.137. The van der Waals surface area contributed by atoms with Gasteiger partial charge >= 0.3 is 6.18 Å². The summed E-state index contributed by atoms with van der Waals surface area (Å²) < 4.78 is 52.0. The molecule has 5 heterocycles. The first-order chi connectivity index (χ1) is 20.4. The fourth-order valence-electron chi connectivity index (χ4n) is 5.06. The molecule has 1 saturated heterocycles. The van der Waals surface area contributed by atoms with Crippen LogP contribution >= 0.6 is 0 Å². The van der Waals surface area contributed by atoms with Gasteiger partial charge in [0.1, 0.15) is 5.82 Å². The van der Waals surface area contributed by atoms with E-state index in [0.29, 0.717) is 59.6 Å². The molecule has 7 rings (SSSR count). The van der Waals surface area contributed by atoms with Crippen molar-refractivity contribution in [2.75, 3.05) is 48.1 Å². The van der Waals surface area contributed by atoms with Crippen molar-refractivity contribution in [2.24, 2.45) is 0 Å². The number of aromatic nitrogens is 5. The average molecular weight is 575 g/mol. The summed E-state index contributed by atoms with van der Waals surface area (Å²) in [6.07, 6.45) is -0.979. The first-order valence-electron chi connectivity index (χ1n) is 13.4. The number of nitrogens with zero attached hydrogens (tertiary/aromatic N) is 7. The number of benzene rings is 2. The minimum Gasteiger partial charge on any atom is -0.454 e. The quantitative estimate of drug-likeness (QED) is 0.298. The van der Waals surface area contributed by atoms with Crippen molar-refractivity contribution in [3.8, 4) is 11.5 Å². The van der Waals surface area contributed by atoms with Crippen LogP contribution in [-0.4, -0.2) is 57.5 Å². The molecule has 0 amide bonds. The van der Waals surface area contributed by atoms with Crippen molar-refractivity contribution in [3.05, 3.63) is 84.3 Å². The number of ether oxygens (including phenoxy) is 2. The molecule has 0 spiro atoms. The van der Waals surface area contributed by atoms with Crippen LogP contribution in [0, 0.1) is 0 Å². The molecule has 13 heteroatoms. The molecule has 0 aliphatic carbocycles. The summed E-state index contributed by atoms with van der Waals surface area (Å²) >= 11 is 0. The summed E-state index contributed by atoms with van der Waals surface area (Å²) in [5, 5.41) is 3.36. The smallest absolute Gasteiger partial charge is 0.416 e. The van der Waals surface area contributed by atoms with E-state index in [0.717, 1.165) is 36.7 Å². The Morgan fingerprint density at radius 3 is 2.38 bits per heavy atom. The Labute approximate surface area is 238 Å². The van der Waals surface area contributed by atoms with Crippen LogP contribution in [0.3, 0.4) is 0 Å². The number of hydrogen-bond acceptors (Lipinski definition) is 9. The van der Waals surface area contributed by atoms with Gasteiger partial charge in [0.25, 0.3) is 0 Å². The molecule has 0 saturated carbocycles. The number of alkyl halides is 3. The molecule has 3 aromatic heterocycles. The second kappa shape index (κ2) is 10.4. The number of halogens is 3. The first-order valence-corrected chi connectivity index (χ1v) is 13.4. The molecule has 0 bridgehead atoms. The second-order valence-electron chi connectivity index (χ2n) is 9.97. The van der Waals surface area contributed by atoms with Crippen LogP contribution in [-0.2, 0) is 12.7 Å². The first kappa shape index (κ1) is 25.9. The predicted octanol–water partition coefficient (Wildman–Crippen LogP) is 5.09. The van der Waals surface area contributed by atoms with E-state index in [2.05, 4.69) is 25.1 Å². The molecule has 1 N–H and O–H groups in total. The zero-order valence-corrected chi connectivity index (χ0v) is 22.3. The maximum absolute atomic E-state index is 13.1. The van der Waals surface area contributed by atoms with Crippen LogP contribution in [0.4, 0.5) is 36.4 Å². The van der Waals surface area contributed by atoms with Gasteiger partial charge in [0, 0.05) is 44.1 Å². The van der Waals surface area contributed by atoms with Gasteiger partial charge in [-0.3, -0.25) is 0 Å². The zero-order valence-electron chi connectivity index (χ0n) is 22.3. The van der Waals surface area contributed by atoms with Crippen molar-refractivity contribution >= 4 is 34.4 Å². The summed E-state index contributed by atoms with van der Waals surface area (Å²) in [7, 11) is 0. The molecule has 214 valence electrons. The summed E-state index contributed by atoms with van der Waals surface area (Å²) in [5.74, 6) is 3.26. The Hall–Kier alpha value is -5.07. The van der Waals surface area contributed by atoms with Crippen LogP contribution in [0.1, 0.15) is 11.1 Å². The Balaban J connectivity index is 1.21. The topological polar surface area (TPSA) is 93.5 Å². The Kier molecular flexibility index (Phi) is 6.40. The third-order valence-electron chi connectivity index (χ3n) is 7.26. The third kappa shape index (κ3) is 5.08. The minimum absolute atomic E-state index is 0.166. The number of anilines is 4. The lowest BCUT2D eigenvalue weighted by Gasteiger charge is -2.35. The van der Waals surface area contributed by atoms with E-state index in [1.165, 1.54) is 12.1 Å². The number of piperazine rings is 1. The van der Waals surface area contributed by atoms with E-state index in [-0.39, 0.29) is 6.79 Å². The van der Waals surface area contributed by atoms with Gasteiger partial charge in [0.15, 0.2) is 28.5 Å². The minimum atomic E-state index is -4.39. The largest absolute Gasteiger partial charge is 0.454 e. The van der Waals surface area contributed by atoms with Crippen molar-refractivity contribution in [1.82, 2.24) is 24.5 Å². The van der Waals surface area contributed by atoms with Gasteiger partial charge < -0.3 is 29.2 Å². The predicted molar refractivity (Wildman–Crippen MR) is 150 cm³/mol. The van der Waals surface area contributed by atoms with Crippen LogP contribution in [0.5, 0.6) is 11.5 Å². The van der Waals surface area contributed by atoms with Crippen LogP contribution in [0.2, 0.25) is 0 Å². The summed E-state index contributed by atoms with van der Waals surface area (Å²) in [5.41, 5.74) is 1.84. The van der Waals surface area contributed by atoms with Crippen LogP contribution < -0.4 is 24.6 Å². The highest BCUT2D eigenvalue weighted by Crippen LogP contribution is 2.36. The van der Waals surface area contributed by atoms with Gasteiger partial charge in [-0.2, -0.15) is 23.1 Å². The van der Waals surface area contributed by atoms with E-state index in [1.807, 2.05) is 41.0 Å². The Morgan fingerprint density at radius 2 is 1.62 bits per heavy atom. The maximum atomic E-state index is 13.1. The molecule has 2 aromatic carbocycles. The lowest BCUT2D eigenvalue weighted by Crippen LogP contribution is -2.47. The molecule has 0 atom stereocenters. The molecular formula is C29H25F3N8O2. The van der Waals surface area contributed by atoms with Gasteiger partial charge in [0.2, 0.25) is 12.7 Å². The maximum Gasteiger partial charge on any atom is 0.416 e. The Morgan fingerprint density at radius 1 is 0.833 bits per heavy atom. The molecule has 2 aliphatic rings. The van der Waals surface area contributed by atoms with E-state index in [1.54, 1.807) is 12.5 Å². The Bertz CT molecular complexity index is 1720. The third-order valence-corrected chi connectivity index (χ3v) is 7.26. The average Bonchev–Trinajstić information content (AvgIpc) is 3.64. The summed E-state index contributed by atoms with van der Waals surface area (Å²) in [6.45, 7) is 3.31. The zero-order chi connectivity index (χ0) is 28.7. The highest BCUT2D eigenvalue weighted by atomic mass is 19.4. The molecule has 2 aliphatic heterocycles. The van der Waals surface area contributed by atoms with Crippen molar-refractivity contribution in [3.63, 3.8) is 0 Å². The molecule has 5 aromatic rings. The fraction of sp³-hybridized carbons (Fsp3) is 0.241. The van der Waals surface area contributed by atoms with Gasteiger partial charge in [-0.1, -0.05) is 18.2 Å². The van der Waals surface area contributed by atoms with Gasteiger partial charge in [-0.05, 0) is 42.0 Å². The van der Waals surface area contributed by atoms with E-state index < -0.39 is 11.7 Å². The molecule has 1 fully saturated rings. The fourth-order valence-corrected chi connectivity index (χ4v) is 5.06. The number of pyridine rings is 1. The number of rotatable bonds is 6. The van der Waals surface area contributed by atoms with E-state index in [9.17, 15) is 13.2 Å². The number of hydrogen-bond donors (Lipinski definition) is 1. The van der Waals surface area contributed by atoms with Gasteiger partial charge in [0.05, 0.1) is 18.4 Å². The molecule has 0 unspecified atom stereocenters. The number of nitrogens with one attached hydrogen (secondary N) is 1. The summed E-state index contributed by atoms with van der Waals surface area (Å²) in [4.78, 5) is 23.1. The van der Waals surface area contributed by atoms with Crippen LogP contribution in [0.25, 0.3) is 11.2 Å². The van der Waals surface area contributed by atoms with E-state index in [4.69, 9.17) is 19.4 Å². The molecule has 10 nitrogen and oxygen atoms in total. The second-order valence-corrected chi connectivity index (χ2v) is 9.97. The van der Waals surface area contributed by atoms with E-state index >= 15 is 0 Å². The van der Waals surface area contributed by atoms with Crippen LogP contribution in [0.15, 0.2) is 73.2 Å². The molecular weight excluding hydrogens is 549 g/mol. The molecule has 0 radical (unpaired) electrons. The molecule has 42 heavy (non-hydrogen) atoms. The normalized spacial score (nSPS) is 14.9. The number of fused-ring (bicyclic) bond motifs is 2. The lowest BCUT2D eigenvalue weighted by atomic mass is 10.1. The monoisotopic (exact) mass is 574 g/mol. The summed E-state index contributed by atoms with van der Waals surface area (Å²) in [6, 6.07) is 16.5. The van der Waals surface area contributed by atoms with Crippen molar-refractivity contribution in [2.45, 2.75) is 12.7 Å². The standard InChI is InChI=1S/C29H25F3N8O2/c30-29(31,32)20-6-4-19(5-7-20)16-40-17-34-25-26(35-21-8-9-22-23(15-21)42-18-41-22)36-28(37-27(25)40)39-13-11-38(12-14-39)24-3-1-2-10-33-24/h1-10,15,17H,11-14,16,18H2,(H,35,36,37). The van der Waals surface area contributed by atoms with Crippen molar-refractivity contribution in [1.29, 1.82) is 0 Å². The van der Waals surface area contributed by atoms with Gasteiger partial charge in [-0.25, -0.2) is 9.97 Å². The highest BCUT2D eigenvalue weighted by molar-refractivity contribution is 5.87. The SMILES string of the molecule is FC(F)(F)c1ccc(Cn2cnc3c(Nc4ccc5c(c4)OCO5)nc(N4CCN(c5ccccn5)CC4)nc32)cc1.